The molecule has 0 radical (unpaired) electrons. The molecule has 4 heteroatoms. The summed E-state index contributed by atoms with van der Waals surface area (Å²) >= 11 is 0. The van der Waals surface area contributed by atoms with Crippen LogP contribution in [-0.4, -0.2) is 45.0 Å². The molecule has 1 N–H and O–H groups in total. The van der Waals surface area contributed by atoms with Crippen molar-refractivity contribution in [3.63, 3.8) is 0 Å². The molecule has 3 heterocycles. The van der Waals surface area contributed by atoms with E-state index >= 15 is 0 Å². The molecule has 3 atom stereocenters. The van der Waals surface area contributed by atoms with Gasteiger partial charge < -0.3 is 10.0 Å². The predicted octanol–water partition coefficient (Wildman–Crippen LogP) is 1.57. The first-order chi connectivity index (χ1) is 9.66. The summed E-state index contributed by atoms with van der Waals surface area (Å²) in [7, 11) is 1.98. The van der Waals surface area contributed by atoms with Gasteiger partial charge in [-0.1, -0.05) is 18.2 Å². The largest absolute Gasteiger partial charge is 0.389 e. The van der Waals surface area contributed by atoms with E-state index in [1.54, 1.807) is 0 Å². The summed E-state index contributed by atoms with van der Waals surface area (Å²) in [5.41, 5.74) is 1.63. The van der Waals surface area contributed by atoms with Crippen LogP contribution in [-0.2, 0) is 13.5 Å². The van der Waals surface area contributed by atoms with Crippen molar-refractivity contribution in [3.8, 4) is 0 Å². The second-order valence-corrected chi connectivity index (χ2v) is 6.40. The Hall–Kier alpha value is -1.39. The molecule has 2 saturated heterocycles. The third-order valence-electron chi connectivity index (χ3n) is 5.20. The first-order valence-electron chi connectivity index (χ1n) is 7.51. The fraction of sp³-hybridized carbons (Fsp3) is 0.562. The number of rotatable bonds is 2. The number of fused-ring (bicyclic) bond motifs is 3. The topological polar surface area (TPSA) is 41.3 Å². The fourth-order valence-corrected chi connectivity index (χ4v) is 3.97. The van der Waals surface area contributed by atoms with Crippen molar-refractivity contribution in [1.29, 1.82) is 0 Å². The maximum absolute atomic E-state index is 11.1. The molecule has 0 saturated carbocycles. The molecule has 1 aromatic carbocycles. The molecular formula is C16H21N3O. The van der Waals surface area contributed by atoms with Crippen molar-refractivity contribution in [1.82, 2.24) is 14.7 Å². The minimum atomic E-state index is -0.565. The van der Waals surface area contributed by atoms with Crippen LogP contribution in [0, 0.1) is 5.92 Å². The van der Waals surface area contributed by atoms with Crippen molar-refractivity contribution in [3.05, 3.63) is 30.0 Å². The summed E-state index contributed by atoms with van der Waals surface area (Å²) in [6.45, 7) is 3.23. The van der Waals surface area contributed by atoms with E-state index in [1.165, 1.54) is 5.39 Å². The van der Waals surface area contributed by atoms with E-state index in [4.69, 9.17) is 0 Å². The highest BCUT2D eigenvalue weighted by Crippen LogP contribution is 2.38. The SMILES string of the molecule is Cn1nc(CC2(O)CCN3CCC2C3)c2ccccc21. The highest BCUT2D eigenvalue weighted by atomic mass is 16.3. The number of aliphatic hydroxyl groups is 1. The summed E-state index contributed by atoms with van der Waals surface area (Å²) in [6, 6.07) is 8.30. The Kier molecular flexibility index (Phi) is 2.66. The van der Waals surface area contributed by atoms with Gasteiger partial charge in [-0.05, 0) is 25.5 Å². The Balaban J connectivity index is 1.70. The van der Waals surface area contributed by atoms with Crippen LogP contribution in [0.2, 0.25) is 0 Å². The van der Waals surface area contributed by atoms with Gasteiger partial charge in [-0.15, -0.1) is 0 Å². The summed E-state index contributed by atoms with van der Waals surface area (Å²) in [4.78, 5) is 2.47. The lowest BCUT2D eigenvalue weighted by Crippen LogP contribution is -2.47. The number of hydrogen-bond acceptors (Lipinski definition) is 3. The summed E-state index contributed by atoms with van der Waals surface area (Å²) in [6.07, 6.45) is 2.69. The lowest BCUT2D eigenvalue weighted by atomic mass is 9.78. The maximum atomic E-state index is 11.1. The Morgan fingerprint density at radius 3 is 3.10 bits per heavy atom. The standard InChI is InChI=1S/C16H21N3O/c1-18-15-5-3-2-4-13(15)14(17-18)10-16(20)7-9-19-8-6-12(16)11-19/h2-5,12,20H,6-11H2,1H3. The summed E-state index contributed by atoms with van der Waals surface area (Å²) in [5.74, 6) is 0.414. The van der Waals surface area contributed by atoms with Gasteiger partial charge in [-0.2, -0.15) is 5.10 Å². The van der Waals surface area contributed by atoms with Gasteiger partial charge >= 0.3 is 0 Å². The van der Waals surface area contributed by atoms with E-state index in [1.807, 2.05) is 17.8 Å². The van der Waals surface area contributed by atoms with Gasteiger partial charge in [0.2, 0.25) is 0 Å². The van der Waals surface area contributed by atoms with Crippen molar-refractivity contribution in [2.24, 2.45) is 13.0 Å². The van der Waals surface area contributed by atoms with Crippen molar-refractivity contribution in [2.75, 3.05) is 19.6 Å². The molecule has 2 fully saturated rings. The molecule has 4 rings (SSSR count). The third kappa shape index (κ3) is 1.79. The molecular weight excluding hydrogens is 250 g/mol. The number of para-hydroxylation sites is 1. The number of hydrogen-bond donors (Lipinski definition) is 1. The van der Waals surface area contributed by atoms with Crippen molar-refractivity contribution in [2.45, 2.75) is 24.9 Å². The number of piperidine rings is 1. The minimum absolute atomic E-state index is 0.414. The van der Waals surface area contributed by atoms with Gasteiger partial charge in [0.05, 0.1) is 16.8 Å². The van der Waals surface area contributed by atoms with Crippen molar-refractivity contribution < 1.29 is 5.11 Å². The van der Waals surface area contributed by atoms with Gasteiger partial charge in [-0.25, -0.2) is 0 Å². The van der Waals surface area contributed by atoms with Gasteiger partial charge in [0, 0.05) is 37.9 Å². The van der Waals surface area contributed by atoms with E-state index in [0.717, 1.165) is 43.7 Å². The molecule has 4 nitrogen and oxygen atoms in total. The number of aryl methyl sites for hydroxylation is 1. The molecule has 2 aromatic rings. The van der Waals surface area contributed by atoms with Gasteiger partial charge in [0.25, 0.3) is 0 Å². The lowest BCUT2D eigenvalue weighted by molar-refractivity contribution is -0.0444. The molecule has 2 aliphatic heterocycles. The van der Waals surface area contributed by atoms with Crippen LogP contribution in [0.5, 0.6) is 0 Å². The Labute approximate surface area is 119 Å². The zero-order valence-corrected chi connectivity index (χ0v) is 11.9. The van der Waals surface area contributed by atoms with E-state index in [9.17, 15) is 5.11 Å². The Bertz CT molecular complexity index is 650. The van der Waals surface area contributed by atoms with Gasteiger partial charge in [0.15, 0.2) is 0 Å². The fourth-order valence-electron chi connectivity index (χ4n) is 3.97. The first-order valence-corrected chi connectivity index (χ1v) is 7.51. The lowest BCUT2D eigenvalue weighted by Gasteiger charge is -2.38. The molecule has 2 aliphatic rings. The maximum Gasteiger partial charge on any atom is 0.0756 e. The monoisotopic (exact) mass is 271 g/mol. The Morgan fingerprint density at radius 2 is 2.20 bits per heavy atom. The normalized spacial score (nSPS) is 32.9. The van der Waals surface area contributed by atoms with E-state index in [2.05, 4.69) is 28.2 Å². The molecule has 3 unspecified atom stereocenters. The molecule has 20 heavy (non-hydrogen) atoms. The molecule has 1 aromatic heterocycles. The van der Waals surface area contributed by atoms with Crippen LogP contribution in [0.3, 0.4) is 0 Å². The number of aromatic nitrogens is 2. The average Bonchev–Trinajstić information content (AvgIpc) is 3.00. The second kappa shape index (κ2) is 4.30. The second-order valence-electron chi connectivity index (χ2n) is 6.40. The Morgan fingerprint density at radius 1 is 1.35 bits per heavy atom. The highest BCUT2D eigenvalue weighted by Gasteiger charge is 2.45. The smallest absolute Gasteiger partial charge is 0.0756 e. The summed E-state index contributed by atoms with van der Waals surface area (Å²) < 4.78 is 1.93. The molecule has 0 spiro atoms. The quantitative estimate of drug-likeness (QED) is 0.901. The van der Waals surface area contributed by atoms with Crippen molar-refractivity contribution >= 4 is 10.9 Å². The van der Waals surface area contributed by atoms with Crippen LogP contribution >= 0.6 is 0 Å². The predicted molar refractivity (Wildman–Crippen MR) is 78.5 cm³/mol. The molecule has 106 valence electrons. The summed E-state index contributed by atoms with van der Waals surface area (Å²) in [5, 5.41) is 16.9. The number of nitrogens with zero attached hydrogens (tertiary/aromatic N) is 3. The van der Waals surface area contributed by atoms with Crippen LogP contribution in [0.1, 0.15) is 18.5 Å². The van der Waals surface area contributed by atoms with Crippen LogP contribution < -0.4 is 0 Å². The third-order valence-corrected chi connectivity index (χ3v) is 5.20. The zero-order chi connectivity index (χ0) is 13.7. The zero-order valence-electron chi connectivity index (χ0n) is 11.9. The van der Waals surface area contributed by atoms with Crippen LogP contribution in [0.15, 0.2) is 24.3 Å². The highest BCUT2D eigenvalue weighted by molar-refractivity contribution is 5.81. The first kappa shape index (κ1) is 12.4. The average molecular weight is 271 g/mol. The van der Waals surface area contributed by atoms with Crippen LogP contribution in [0.4, 0.5) is 0 Å². The van der Waals surface area contributed by atoms with Gasteiger partial charge in [-0.3, -0.25) is 4.68 Å². The molecule has 0 aliphatic carbocycles. The van der Waals surface area contributed by atoms with E-state index in [-0.39, 0.29) is 0 Å². The van der Waals surface area contributed by atoms with E-state index in [0.29, 0.717) is 12.3 Å². The van der Waals surface area contributed by atoms with E-state index < -0.39 is 5.60 Å². The number of benzene rings is 1. The van der Waals surface area contributed by atoms with Gasteiger partial charge in [0.1, 0.15) is 0 Å². The molecule has 0 amide bonds. The van der Waals surface area contributed by atoms with Crippen LogP contribution in [0.25, 0.3) is 10.9 Å². The minimum Gasteiger partial charge on any atom is -0.389 e. The molecule has 2 bridgehead atoms.